The lowest BCUT2D eigenvalue weighted by Gasteiger charge is -2.34. The number of para-hydroxylation sites is 1. The SMILES string of the molecule is COc1cc2c(cc1Nc1ncc(Cl)c(Nc3ccccc3S(=O)(=O)C(C)C)n1)C(C)(C)/C(=N/O)CC2. The van der Waals surface area contributed by atoms with Gasteiger partial charge in [-0.05, 0) is 62.1 Å². The summed E-state index contributed by atoms with van der Waals surface area (Å²) < 4.78 is 31.4. The molecule has 3 aromatic rings. The highest BCUT2D eigenvalue weighted by molar-refractivity contribution is 7.92. The Morgan fingerprint density at radius 2 is 1.86 bits per heavy atom. The first-order chi connectivity index (χ1) is 17.5. The number of hydrogen-bond donors (Lipinski definition) is 3. The van der Waals surface area contributed by atoms with Crippen LogP contribution in [0.5, 0.6) is 5.75 Å². The van der Waals surface area contributed by atoms with E-state index in [1.165, 1.54) is 6.20 Å². The molecule has 196 valence electrons. The van der Waals surface area contributed by atoms with Crippen molar-refractivity contribution in [1.82, 2.24) is 9.97 Å². The van der Waals surface area contributed by atoms with Crippen LogP contribution in [0.4, 0.5) is 23.1 Å². The highest BCUT2D eigenvalue weighted by Gasteiger charge is 2.35. The Kier molecular flexibility index (Phi) is 7.34. The van der Waals surface area contributed by atoms with E-state index < -0.39 is 20.5 Å². The normalized spacial score (nSPS) is 15.9. The lowest BCUT2D eigenvalue weighted by molar-refractivity contribution is 0.311. The molecule has 3 N–H and O–H groups in total. The van der Waals surface area contributed by atoms with Crippen molar-refractivity contribution in [3.63, 3.8) is 0 Å². The average molecular weight is 544 g/mol. The summed E-state index contributed by atoms with van der Waals surface area (Å²) in [5.41, 5.74) is 3.36. The fourth-order valence-corrected chi connectivity index (χ4v) is 5.75. The maximum absolute atomic E-state index is 12.9. The summed E-state index contributed by atoms with van der Waals surface area (Å²) in [5.74, 6) is 1.09. The van der Waals surface area contributed by atoms with Gasteiger partial charge >= 0.3 is 0 Å². The molecule has 1 aromatic heterocycles. The maximum atomic E-state index is 12.9. The van der Waals surface area contributed by atoms with Gasteiger partial charge in [-0.3, -0.25) is 0 Å². The fourth-order valence-electron chi connectivity index (χ4n) is 4.41. The van der Waals surface area contributed by atoms with E-state index in [1.54, 1.807) is 45.2 Å². The fraction of sp³-hybridized carbons (Fsp3) is 0.346. The standard InChI is InChI=1S/C26H30ClN5O4S/c1-15(2)37(34,35)22-9-7-6-8-19(22)29-24-18(27)14-28-25(31-24)30-20-13-17-16(12-21(20)36-5)10-11-23(32-33)26(17,3)4/h6-9,12-15,33H,10-11H2,1-5H3,(H2,28,29,30,31)/b32-23+. The topological polar surface area (TPSA) is 126 Å². The average Bonchev–Trinajstić information content (AvgIpc) is 2.86. The Balaban J connectivity index is 1.71. The molecule has 0 bridgehead atoms. The molecule has 4 rings (SSSR count). The number of ether oxygens (including phenoxy) is 1. The number of benzene rings is 2. The van der Waals surface area contributed by atoms with Gasteiger partial charge in [-0.1, -0.05) is 42.7 Å². The molecule has 0 unspecified atom stereocenters. The first-order valence-corrected chi connectivity index (χ1v) is 13.7. The minimum Gasteiger partial charge on any atom is -0.495 e. The molecule has 0 amide bonds. The van der Waals surface area contributed by atoms with Gasteiger partial charge in [0.1, 0.15) is 10.8 Å². The molecule has 0 radical (unpaired) electrons. The van der Waals surface area contributed by atoms with E-state index in [4.69, 9.17) is 16.3 Å². The van der Waals surface area contributed by atoms with Gasteiger partial charge < -0.3 is 20.6 Å². The summed E-state index contributed by atoms with van der Waals surface area (Å²) in [4.78, 5) is 8.97. The molecule has 0 saturated carbocycles. The smallest absolute Gasteiger partial charge is 0.229 e. The summed E-state index contributed by atoms with van der Waals surface area (Å²) in [5, 5.41) is 18.9. The molecular weight excluding hydrogens is 514 g/mol. The Morgan fingerprint density at radius 3 is 2.54 bits per heavy atom. The van der Waals surface area contributed by atoms with Gasteiger partial charge in [-0.2, -0.15) is 4.98 Å². The summed E-state index contributed by atoms with van der Waals surface area (Å²) in [6.45, 7) is 7.29. The van der Waals surface area contributed by atoms with Crippen LogP contribution < -0.4 is 15.4 Å². The van der Waals surface area contributed by atoms with E-state index in [0.717, 1.165) is 17.5 Å². The lowest BCUT2D eigenvalue weighted by Crippen LogP contribution is -2.34. The molecule has 1 aliphatic rings. The number of sulfone groups is 1. The largest absolute Gasteiger partial charge is 0.495 e. The molecular formula is C26H30ClN5O4S. The molecule has 37 heavy (non-hydrogen) atoms. The molecule has 9 nitrogen and oxygen atoms in total. The molecule has 0 spiro atoms. The number of aromatic nitrogens is 2. The Morgan fingerprint density at radius 1 is 1.14 bits per heavy atom. The number of oxime groups is 1. The van der Waals surface area contributed by atoms with E-state index >= 15 is 0 Å². The number of fused-ring (bicyclic) bond motifs is 1. The lowest BCUT2D eigenvalue weighted by atomic mass is 9.71. The quantitative estimate of drug-likeness (QED) is 0.250. The Bertz CT molecular complexity index is 1470. The van der Waals surface area contributed by atoms with Crippen LogP contribution >= 0.6 is 11.6 Å². The van der Waals surface area contributed by atoms with Gasteiger partial charge in [0.2, 0.25) is 5.95 Å². The van der Waals surface area contributed by atoms with E-state index in [2.05, 4.69) is 25.8 Å². The van der Waals surface area contributed by atoms with Gasteiger partial charge in [-0.15, -0.1) is 0 Å². The molecule has 1 aliphatic carbocycles. The van der Waals surface area contributed by atoms with Gasteiger partial charge in [0.25, 0.3) is 0 Å². The van der Waals surface area contributed by atoms with Crippen molar-refractivity contribution in [3.8, 4) is 5.75 Å². The minimum atomic E-state index is -3.54. The number of methoxy groups -OCH3 is 1. The zero-order valence-corrected chi connectivity index (χ0v) is 22.9. The van der Waals surface area contributed by atoms with Crippen LogP contribution in [0.3, 0.4) is 0 Å². The number of nitrogens with one attached hydrogen (secondary N) is 2. The third-order valence-electron chi connectivity index (χ3n) is 6.63. The second-order valence-electron chi connectivity index (χ2n) is 9.61. The van der Waals surface area contributed by atoms with E-state index in [-0.39, 0.29) is 21.7 Å². The second kappa shape index (κ2) is 10.2. The highest BCUT2D eigenvalue weighted by atomic mass is 35.5. The van der Waals surface area contributed by atoms with Crippen molar-refractivity contribution in [2.75, 3.05) is 17.7 Å². The Labute approximate surface area is 221 Å². The van der Waals surface area contributed by atoms with Gasteiger partial charge in [0.15, 0.2) is 15.7 Å². The minimum absolute atomic E-state index is 0.161. The van der Waals surface area contributed by atoms with Crippen LogP contribution in [-0.2, 0) is 21.7 Å². The molecule has 2 aromatic carbocycles. The molecule has 0 aliphatic heterocycles. The van der Waals surface area contributed by atoms with E-state index in [1.807, 2.05) is 26.0 Å². The summed E-state index contributed by atoms with van der Waals surface area (Å²) in [6.07, 6.45) is 2.83. The van der Waals surface area contributed by atoms with Crippen LogP contribution in [0.1, 0.15) is 45.2 Å². The first kappa shape index (κ1) is 26.7. The third-order valence-corrected chi connectivity index (χ3v) is 9.12. The zero-order chi connectivity index (χ0) is 27.0. The predicted molar refractivity (Wildman–Crippen MR) is 146 cm³/mol. The van der Waals surface area contributed by atoms with Crippen molar-refractivity contribution < 1.29 is 18.4 Å². The van der Waals surface area contributed by atoms with Gasteiger partial charge in [-0.25, -0.2) is 13.4 Å². The van der Waals surface area contributed by atoms with Crippen molar-refractivity contribution in [3.05, 3.63) is 58.7 Å². The molecule has 0 fully saturated rings. The van der Waals surface area contributed by atoms with Crippen LogP contribution in [0.25, 0.3) is 0 Å². The number of rotatable bonds is 7. The van der Waals surface area contributed by atoms with E-state index in [9.17, 15) is 13.6 Å². The van der Waals surface area contributed by atoms with Crippen LogP contribution in [0.2, 0.25) is 5.02 Å². The summed E-state index contributed by atoms with van der Waals surface area (Å²) in [6, 6.07) is 10.5. The zero-order valence-electron chi connectivity index (χ0n) is 21.3. The molecule has 0 atom stereocenters. The highest BCUT2D eigenvalue weighted by Crippen LogP contribution is 2.41. The number of aryl methyl sites for hydroxylation is 1. The van der Waals surface area contributed by atoms with Crippen molar-refractivity contribution in [2.45, 2.75) is 56.1 Å². The molecule has 0 saturated heterocycles. The van der Waals surface area contributed by atoms with E-state index in [0.29, 0.717) is 29.3 Å². The predicted octanol–water partition coefficient (Wildman–Crippen LogP) is 5.86. The third kappa shape index (κ3) is 5.08. The second-order valence-corrected chi connectivity index (χ2v) is 12.5. The van der Waals surface area contributed by atoms with Gasteiger partial charge in [0.05, 0.1) is 40.5 Å². The number of anilines is 4. The monoisotopic (exact) mass is 543 g/mol. The maximum Gasteiger partial charge on any atom is 0.229 e. The van der Waals surface area contributed by atoms with Crippen LogP contribution in [-0.4, -0.2) is 41.7 Å². The number of hydrogen-bond acceptors (Lipinski definition) is 9. The van der Waals surface area contributed by atoms with Crippen molar-refractivity contribution >= 4 is 50.3 Å². The van der Waals surface area contributed by atoms with Crippen LogP contribution in [0, 0.1) is 0 Å². The molecule has 1 heterocycles. The number of halogens is 1. The van der Waals surface area contributed by atoms with Crippen molar-refractivity contribution in [1.29, 1.82) is 0 Å². The van der Waals surface area contributed by atoms with Gasteiger partial charge in [0, 0.05) is 5.41 Å². The summed E-state index contributed by atoms with van der Waals surface area (Å²) in [7, 11) is -1.96. The van der Waals surface area contributed by atoms with Crippen LogP contribution in [0.15, 0.2) is 52.6 Å². The molecule has 11 heteroatoms. The van der Waals surface area contributed by atoms with Crippen molar-refractivity contribution in [2.24, 2.45) is 5.16 Å². The number of nitrogens with zero attached hydrogens (tertiary/aromatic N) is 3. The first-order valence-electron chi connectivity index (χ1n) is 11.8. The summed E-state index contributed by atoms with van der Waals surface area (Å²) >= 11 is 6.37. The Hall–Kier alpha value is -3.37.